The van der Waals surface area contributed by atoms with Crippen molar-refractivity contribution in [1.29, 1.82) is 0 Å². The smallest absolute Gasteiger partial charge is 0.410 e. The molecule has 1 aliphatic rings. The fourth-order valence-electron chi connectivity index (χ4n) is 3.08. The summed E-state index contributed by atoms with van der Waals surface area (Å²) < 4.78 is 5.51. The lowest BCUT2D eigenvalue weighted by molar-refractivity contribution is 0.0470. The summed E-state index contributed by atoms with van der Waals surface area (Å²) in [5.41, 5.74) is 1.02. The van der Waals surface area contributed by atoms with Crippen molar-refractivity contribution in [3.63, 3.8) is 0 Å². The minimum Gasteiger partial charge on any atom is -0.445 e. The number of piperazine rings is 1. The fraction of sp³-hybridized carbons (Fsp3) is 0.588. The highest BCUT2D eigenvalue weighted by Gasteiger charge is 2.34. The van der Waals surface area contributed by atoms with Crippen LogP contribution in [0.5, 0.6) is 0 Å². The average Bonchev–Trinajstić information content (AvgIpc) is 2.54. The normalized spacial score (nSPS) is 20.0. The van der Waals surface area contributed by atoms with Crippen molar-refractivity contribution in [3.05, 3.63) is 35.9 Å². The summed E-state index contributed by atoms with van der Waals surface area (Å²) in [6, 6.07) is 10.3. The Hall–Kier alpha value is -1.59. The second-order valence-corrected chi connectivity index (χ2v) is 5.94. The number of likely N-dealkylation sites (N-methyl/N-ethyl adjacent to an activating group) is 1. The first kappa shape index (κ1) is 16.8. The molecule has 2 atom stereocenters. The molecule has 2 unspecified atom stereocenters. The zero-order chi connectivity index (χ0) is 15.9. The second kappa shape index (κ2) is 8.15. The van der Waals surface area contributed by atoms with Gasteiger partial charge < -0.3 is 19.9 Å². The highest BCUT2D eigenvalue weighted by Crippen LogP contribution is 2.16. The van der Waals surface area contributed by atoms with E-state index < -0.39 is 0 Å². The molecule has 1 aliphatic heterocycles. The number of nitrogens with zero attached hydrogens (tertiary/aromatic N) is 2. The van der Waals surface area contributed by atoms with Crippen molar-refractivity contribution in [3.8, 4) is 0 Å². The first-order chi connectivity index (χ1) is 10.6. The van der Waals surface area contributed by atoms with Crippen LogP contribution in [0.25, 0.3) is 0 Å². The number of rotatable bonds is 5. The average molecular weight is 305 g/mol. The minimum absolute atomic E-state index is 0.150. The molecule has 0 radical (unpaired) electrons. The molecule has 1 heterocycles. The van der Waals surface area contributed by atoms with Gasteiger partial charge in [0.2, 0.25) is 0 Å². The van der Waals surface area contributed by atoms with Crippen molar-refractivity contribution in [2.24, 2.45) is 0 Å². The van der Waals surface area contributed by atoms with Crippen LogP contribution in [-0.2, 0) is 11.3 Å². The fourth-order valence-corrected chi connectivity index (χ4v) is 3.08. The number of nitrogens with one attached hydrogen (secondary N) is 1. The molecule has 1 N–H and O–H groups in total. The Morgan fingerprint density at radius 2 is 2.14 bits per heavy atom. The molecule has 5 nitrogen and oxygen atoms in total. The molecule has 1 fully saturated rings. The maximum absolute atomic E-state index is 12.5. The second-order valence-electron chi connectivity index (χ2n) is 5.94. The van der Waals surface area contributed by atoms with Crippen molar-refractivity contribution in [1.82, 2.24) is 15.1 Å². The van der Waals surface area contributed by atoms with Gasteiger partial charge in [-0.15, -0.1) is 0 Å². The van der Waals surface area contributed by atoms with Crippen LogP contribution >= 0.6 is 0 Å². The molecule has 122 valence electrons. The Bertz CT molecular complexity index is 464. The summed E-state index contributed by atoms with van der Waals surface area (Å²) in [5, 5.41) is 3.39. The summed E-state index contributed by atoms with van der Waals surface area (Å²) in [6.45, 7) is 4.82. The number of carbonyl (C=O) groups is 1. The lowest BCUT2D eigenvalue weighted by atomic mass is 10.0. The molecule has 0 spiro atoms. The summed E-state index contributed by atoms with van der Waals surface area (Å²) in [4.78, 5) is 16.6. The summed E-state index contributed by atoms with van der Waals surface area (Å²) in [6.07, 6.45) is 0.789. The van der Waals surface area contributed by atoms with Gasteiger partial charge in [-0.05, 0) is 26.1 Å². The number of carbonyl (C=O) groups excluding carboxylic acids is 1. The van der Waals surface area contributed by atoms with Crippen LogP contribution in [0.1, 0.15) is 18.9 Å². The Balaban J connectivity index is 1.99. The van der Waals surface area contributed by atoms with Gasteiger partial charge in [-0.3, -0.25) is 0 Å². The van der Waals surface area contributed by atoms with Gasteiger partial charge in [0.25, 0.3) is 0 Å². The van der Waals surface area contributed by atoms with Crippen molar-refractivity contribution < 1.29 is 9.53 Å². The van der Waals surface area contributed by atoms with E-state index in [9.17, 15) is 4.79 Å². The third-order valence-corrected chi connectivity index (χ3v) is 4.25. The van der Waals surface area contributed by atoms with Gasteiger partial charge in [0.15, 0.2) is 0 Å². The number of hydrogen-bond donors (Lipinski definition) is 1. The van der Waals surface area contributed by atoms with E-state index in [1.807, 2.05) is 35.2 Å². The predicted molar refractivity (Wildman–Crippen MR) is 87.8 cm³/mol. The molecule has 0 aromatic heterocycles. The largest absolute Gasteiger partial charge is 0.445 e. The van der Waals surface area contributed by atoms with Crippen molar-refractivity contribution in [2.75, 3.05) is 33.7 Å². The van der Waals surface area contributed by atoms with Crippen LogP contribution in [0.15, 0.2) is 30.3 Å². The third kappa shape index (κ3) is 4.21. The summed E-state index contributed by atoms with van der Waals surface area (Å²) >= 11 is 0. The molecule has 5 heteroatoms. The van der Waals surface area contributed by atoms with E-state index in [0.717, 1.165) is 25.1 Å². The lowest BCUT2D eigenvalue weighted by Crippen LogP contribution is -2.61. The van der Waals surface area contributed by atoms with Crippen LogP contribution in [0, 0.1) is 0 Å². The van der Waals surface area contributed by atoms with Gasteiger partial charge >= 0.3 is 6.09 Å². The van der Waals surface area contributed by atoms with Crippen LogP contribution in [0.2, 0.25) is 0 Å². The summed E-state index contributed by atoms with van der Waals surface area (Å²) in [7, 11) is 4.13. The lowest BCUT2D eigenvalue weighted by Gasteiger charge is -2.42. The van der Waals surface area contributed by atoms with Crippen LogP contribution in [-0.4, -0.2) is 61.7 Å². The Kier molecular flexibility index (Phi) is 6.21. The number of benzene rings is 1. The first-order valence-electron chi connectivity index (χ1n) is 7.98. The first-order valence-corrected chi connectivity index (χ1v) is 7.98. The molecule has 1 aromatic rings. The molecular formula is C17H27N3O2. The Labute approximate surface area is 133 Å². The number of ether oxygens (including phenoxy) is 1. The van der Waals surface area contributed by atoms with Crippen LogP contribution in [0.3, 0.4) is 0 Å². The molecule has 0 bridgehead atoms. The Morgan fingerprint density at radius 3 is 2.77 bits per heavy atom. The molecule has 1 aromatic carbocycles. The van der Waals surface area contributed by atoms with Gasteiger partial charge in [-0.25, -0.2) is 4.79 Å². The van der Waals surface area contributed by atoms with Crippen LogP contribution in [0.4, 0.5) is 4.79 Å². The van der Waals surface area contributed by atoms with Gasteiger partial charge in [0, 0.05) is 25.7 Å². The number of amides is 1. The predicted octanol–water partition coefficient (Wildman–Crippen LogP) is 1.94. The molecule has 0 saturated carbocycles. The van der Waals surface area contributed by atoms with Gasteiger partial charge in [-0.1, -0.05) is 37.3 Å². The van der Waals surface area contributed by atoms with E-state index in [-0.39, 0.29) is 12.1 Å². The summed E-state index contributed by atoms with van der Waals surface area (Å²) in [5.74, 6) is 0. The third-order valence-electron chi connectivity index (χ3n) is 4.25. The van der Waals surface area contributed by atoms with E-state index >= 15 is 0 Å². The SMILES string of the molecule is CCC(C1CNCCN1C(=O)OCc1ccccc1)N(C)C. The molecular weight excluding hydrogens is 278 g/mol. The van der Waals surface area contributed by atoms with E-state index in [2.05, 4.69) is 31.2 Å². The zero-order valence-corrected chi connectivity index (χ0v) is 13.8. The van der Waals surface area contributed by atoms with Crippen molar-refractivity contribution >= 4 is 6.09 Å². The molecule has 1 amide bonds. The van der Waals surface area contributed by atoms with Gasteiger partial charge in [0.1, 0.15) is 6.61 Å². The standard InChI is InChI=1S/C17H27N3O2/c1-4-15(19(2)3)16-12-18-10-11-20(16)17(21)22-13-14-8-6-5-7-9-14/h5-9,15-16,18H,4,10-13H2,1-3H3. The van der Waals surface area contributed by atoms with Crippen LogP contribution < -0.4 is 5.32 Å². The zero-order valence-electron chi connectivity index (χ0n) is 13.8. The Morgan fingerprint density at radius 1 is 1.41 bits per heavy atom. The monoisotopic (exact) mass is 305 g/mol. The number of hydrogen-bond acceptors (Lipinski definition) is 4. The van der Waals surface area contributed by atoms with E-state index in [1.54, 1.807) is 0 Å². The molecule has 0 aliphatic carbocycles. The highest BCUT2D eigenvalue weighted by atomic mass is 16.6. The molecule has 22 heavy (non-hydrogen) atoms. The van der Waals surface area contributed by atoms with Gasteiger partial charge in [-0.2, -0.15) is 0 Å². The maximum atomic E-state index is 12.5. The van der Waals surface area contributed by atoms with E-state index in [1.165, 1.54) is 0 Å². The minimum atomic E-state index is -0.212. The van der Waals surface area contributed by atoms with Gasteiger partial charge in [0.05, 0.1) is 6.04 Å². The topological polar surface area (TPSA) is 44.8 Å². The molecule has 1 saturated heterocycles. The molecule has 2 rings (SSSR count). The van der Waals surface area contributed by atoms with E-state index in [4.69, 9.17) is 4.74 Å². The quantitative estimate of drug-likeness (QED) is 0.903. The van der Waals surface area contributed by atoms with Crippen molar-refractivity contribution in [2.45, 2.75) is 32.0 Å². The van der Waals surface area contributed by atoms with E-state index in [0.29, 0.717) is 19.2 Å². The highest BCUT2D eigenvalue weighted by molar-refractivity contribution is 5.68. The maximum Gasteiger partial charge on any atom is 0.410 e.